The Morgan fingerprint density at radius 2 is 1.93 bits per heavy atom. The molecular weight excluding hydrogens is 380 g/mol. The van der Waals surface area contributed by atoms with Crippen molar-refractivity contribution in [1.29, 1.82) is 0 Å². The zero-order valence-electron chi connectivity index (χ0n) is 16.2. The molecule has 2 heterocycles. The standard InChI is InChI=1S/C21H21F2N3O3/c1-12-9-15(13(2)24-18-11-14(22)3-4-17(18)23)19-16(10-12)20(27)25-21(29-19)26-5-7-28-8-6-26/h3-4,9-11,13,24H,5-8H2,1-2H3. The lowest BCUT2D eigenvalue weighted by atomic mass is 10.0. The van der Waals surface area contributed by atoms with E-state index < -0.39 is 17.7 Å². The SMILES string of the molecule is Cc1cc(C(C)Nc2cc(F)ccc2F)c2oc(N3CCOCC3)nc(=O)c2c1. The van der Waals surface area contributed by atoms with Gasteiger partial charge in [0, 0.05) is 18.7 Å². The normalized spacial score (nSPS) is 15.5. The van der Waals surface area contributed by atoms with Crippen molar-refractivity contribution in [1.82, 2.24) is 4.98 Å². The number of hydrogen-bond acceptors (Lipinski definition) is 6. The van der Waals surface area contributed by atoms with Gasteiger partial charge in [0.05, 0.1) is 30.3 Å². The van der Waals surface area contributed by atoms with Crippen molar-refractivity contribution in [3.8, 4) is 0 Å². The van der Waals surface area contributed by atoms with Crippen LogP contribution in [0.2, 0.25) is 0 Å². The Balaban J connectivity index is 1.78. The highest BCUT2D eigenvalue weighted by molar-refractivity contribution is 5.81. The second-order valence-electron chi connectivity index (χ2n) is 7.12. The predicted octanol–water partition coefficient (Wildman–Crippen LogP) is 3.78. The summed E-state index contributed by atoms with van der Waals surface area (Å²) in [7, 11) is 0. The van der Waals surface area contributed by atoms with Crippen molar-refractivity contribution in [2.75, 3.05) is 36.5 Å². The molecule has 6 nitrogen and oxygen atoms in total. The molecule has 0 amide bonds. The fraction of sp³-hybridized carbons (Fsp3) is 0.333. The molecule has 1 fully saturated rings. The average molecular weight is 401 g/mol. The number of ether oxygens (including phenoxy) is 1. The number of morpholine rings is 1. The van der Waals surface area contributed by atoms with Gasteiger partial charge in [0.25, 0.3) is 5.56 Å². The summed E-state index contributed by atoms with van der Waals surface area (Å²) in [5, 5.41) is 3.33. The van der Waals surface area contributed by atoms with Crippen LogP contribution < -0.4 is 15.8 Å². The van der Waals surface area contributed by atoms with Crippen LogP contribution in [0.5, 0.6) is 0 Å². The summed E-state index contributed by atoms with van der Waals surface area (Å²) in [6.45, 7) is 5.86. The van der Waals surface area contributed by atoms with Crippen molar-refractivity contribution in [2.45, 2.75) is 19.9 Å². The Kier molecular flexibility index (Phi) is 5.19. The van der Waals surface area contributed by atoms with Gasteiger partial charge in [-0.1, -0.05) is 6.07 Å². The quantitative estimate of drug-likeness (QED) is 0.718. The molecule has 1 aliphatic heterocycles. The number of rotatable bonds is 4. The molecule has 3 aromatic rings. The van der Waals surface area contributed by atoms with Crippen LogP contribution in [0, 0.1) is 18.6 Å². The van der Waals surface area contributed by atoms with E-state index in [4.69, 9.17) is 9.15 Å². The van der Waals surface area contributed by atoms with Crippen LogP contribution in [0.4, 0.5) is 20.5 Å². The van der Waals surface area contributed by atoms with E-state index in [1.54, 1.807) is 13.0 Å². The maximum atomic E-state index is 14.1. The first-order valence-electron chi connectivity index (χ1n) is 9.42. The van der Waals surface area contributed by atoms with Crippen molar-refractivity contribution in [2.24, 2.45) is 0 Å². The third-order valence-corrected chi connectivity index (χ3v) is 4.93. The van der Waals surface area contributed by atoms with Crippen molar-refractivity contribution in [3.63, 3.8) is 0 Å². The maximum absolute atomic E-state index is 14.1. The molecule has 1 saturated heterocycles. The molecule has 1 unspecified atom stereocenters. The van der Waals surface area contributed by atoms with Crippen LogP contribution in [0.15, 0.2) is 39.5 Å². The number of benzene rings is 2. The fourth-order valence-electron chi connectivity index (χ4n) is 3.47. The van der Waals surface area contributed by atoms with E-state index in [0.717, 1.165) is 23.8 Å². The molecule has 1 N–H and O–H groups in total. The molecule has 2 aromatic carbocycles. The van der Waals surface area contributed by atoms with E-state index in [1.807, 2.05) is 17.9 Å². The van der Waals surface area contributed by atoms with E-state index in [-0.39, 0.29) is 17.3 Å². The minimum absolute atomic E-state index is 0.0389. The second kappa shape index (κ2) is 7.79. The summed E-state index contributed by atoms with van der Waals surface area (Å²) in [5.74, 6) is -1.10. The summed E-state index contributed by atoms with van der Waals surface area (Å²) >= 11 is 0. The molecule has 4 rings (SSSR count). The Hall–Kier alpha value is -3.00. The van der Waals surface area contributed by atoms with Crippen LogP contribution in [0.25, 0.3) is 11.0 Å². The highest BCUT2D eigenvalue weighted by atomic mass is 19.1. The minimum Gasteiger partial charge on any atom is -0.424 e. The Morgan fingerprint density at radius 3 is 2.69 bits per heavy atom. The van der Waals surface area contributed by atoms with Gasteiger partial charge in [0.1, 0.15) is 17.2 Å². The van der Waals surface area contributed by atoms with Crippen LogP contribution in [-0.4, -0.2) is 31.3 Å². The lowest BCUT2D eigenvalue weighted by Gasteiger charge is -2.26. The van der Waals surface area contributed by atoms with Gasteiger partial charge in [-0.2, -0.15) is 4.98 Å². The van der Waals surface area contributed by atoms with Crippen LogP contribution in [-0.2, 0) is 4.74 Å². The summed E-state index contributed by atoms with van der Waals surface area (Å²) in [5.41, 5.74) is 1.54. The number of halogens is 2. The molecular formula is C21H21F2N3O3. The largest absolute Gasteiger partial charge is 0.424 e. The monoisotopic (exact) mass is 401 g/mol. The van der Waals surface area contributed by atoms with Crippen molar-refractivity contribution < 1.29 is 17.9 Å². The molecule has 0 aliphatic carbocycles. The maximum Gasteiger partial charge on any atom is 0.301 e. The van der Waals surface area contributed by atoms with Gasteiger partial charge in [-0.25, -0.2) is 8.78 Å². The van der Waals surface area contributed by atoms with Crippen LogP contribution in [0.1, 0.15) is 24.1 Å². The predicted molar refractivity (Wildman–Crippen MR) is 106 cm³/mol. The number of hydrogen-bond donors (Lipinski definition) is 1. The van der Waals surface area contributed by atoms with Crippen LogP contribution in [0.3, 0.4) is 0 Å². The van der Waals surface area contributed by atoms with E-state index in [1.165, 1.54) is 0 Å². The first kappa shape index (κ1) is 19.3. The van der Waals surface area contributed by atoms with Crippen molar-refractivity contribution in [3.05, 3.63) is 63.4 Å². The number of nitrogens with zero attached hydrogens (tertiary/aromatic N) is 2. The molecule has 0 radical (unpaired) electrons. The molecule has 0 spiro atoms. The smallest absolute Gasteiger partial charge is 0.301 e. The highest BCUT2D eigenvalue weighted by Gasteiger charge is 2.21. The first-order valence-corrected chi connectivity index (χ1v) is 9.42. The molecule has 0 saturated carbocycles. The summed E-state index contributed by atoms with van der Waals surface area (Å²) in [4.78, 5) is 18.6. The number of aromatic nitrogens is 1. The van der Waals surface area contributed by atoms with E-state index >= 15 is 0 Å². The van der Waals surface area contributed by atoms with Gasteiger partial charge in [0.2, 0.25) is 0 Å². The molecule has 1 aromatic heterocycles. The van der Waals surface area contributed by atoms with E-state index in [2.05, 4.69) is 10.3 Å². The molecule has 1 atom stereocenters. The summed E-state index contributed by atoms with van der Waals surface area (Å²) in [6, 6.07) is 6.60. The number of aryl methyl sites for hydroxylation is 1. The molecule has 29 heavy (non-hydrogen) atoms. The van der Waals surface area contributed by atoms with Crippen molar-refractivity contribution >= 4 is 22.7 Å². The van der Waals surface area contributed by atoms with Gasteiger partial charge >= 0.3 is 6.01 Å². The fourth-order valence-corrected chi connectivity index (χ4v) is 3.47. The lowest BCUT2D eigenvalue weighted by Crippen LogP contribution is -2.37. The number of nitrogens with one attached hydrogen (secondary N) is 1. The van der Waals surface area contributed by atoms with Gasteiger partial charge in [-0.05, 0) is 43.7 Å². The van der Waals surface area contributed by atoms with Gasteiger partial charge < -0.3 is 19.4 Å². The van der Waals surface area contributed by atoms with Gasteiger partial charge in [-0.15, -0.1) is 0 Å². The third-order valence-electron chi connectivity index (χ3n) is 4.93. The molecule has 0 bridgehead atoms. The topological polar surface area (TPSA) is 67.6 Å². The number of fused-ring (bicyclic) bond motifs is 1. The molecule has 152 valence electrons. The van der Waals surface area contributed by atoms with Crippen LogP contribution >= 0.6 is 0 Å². The summed E-state index contributed by atoms with van der Waals surface area (Å²) < 4.78 is 39.0. The zero-order valence-corrected chi connectivity index (χ0v) is 16.2. The second-order valence-corrected chi connectivity index (χ2v) is 7.12. The van der Waals surface area contributed by atoms with Gasteiger partial charge in [0.15, 0.2) is 0 Å². The number of anilines is 2. The Bertz CT molecular complexity index is 1110. The Labute approximate surface area is 166 Å². The zero-order chi connectivity index (χ0) is 20.5. The first-order chi connectivity index (χ1) is 13.9. The Morgan fingerprint density at radius 1 is 1.17 bits per heavy atom. The van der Waals surface area contributed by atoms with E-state index in [0.29, 0.717) is 42.8 Å². The molecule has 8 heteroatoms. The highest BCUT2D eigenvalue weighted by Crippen LogP contribution is 2.30. The van der Waals surface area contributed by atoms with E-state index in [9.17, 15) is 13.6 Å². The average Bonchev–Trinajstić information content (AvgIpc) is 2.71. The molecule has 1 aliphatic rings. The van der Waals surface area contributed by atoms with Gasteiger partial charge in [-0.3, -0.25) is 4.79 Å². The minimum atomic E-state index is -0.563. The lowest BCUT2D eigenvalue weighted by molar-refractivity contribution is 0.120. The summed E-state index contributed by atoms with van der Waals surface area (Å²) in [6.07, 6.45) is 0. The third kappa shape index (κ3) is 3.93.